The van der Waals surface area contributed by atoms with Crippen LogP contribution in [0.2, 0.25) is 0 Å². The first-order chi connectivity index (χ1) is 9.04. The molecule has 19 heavy (non-hydrogen) atoms. The van der Waals surface area contributed by atoms with Gasteiger partial charge in [-0.25, -0.2) is 0 Å². The highest BCUT2D eigenvalue weighted by Gasteiger charge is 2.34. The standard InChI is InChI=1S/C14H21N3O2/c1-3-14(4-2,13(15)19)17-12(18)10-16-11-8-6-5-7-9-11/h5-9,16H,3-4,10H2,1-2H3,(H2,15,19)(H,17,18). The van der Waals surface area contributed by atoms with Gasteiger partial charge < -0.3 is 16.4 Å². The Bertz CT molecular complexity index is 428. The van der Waals surface area contributed by atoms with Gasteiger partial charge >= 0.3 is 0 Å². The van der Waals surface area contributed by atoms with Gasteiger partial charge in [-0.1, -0.05) is 32.0 Å². The van der Waals surface area contributed by atoms with E-state index in [1.807, 2.05) is 44.2 Å². The van der Waals surface area contributed by atoms with E-state index in [1.54, 1.807) is 0 Å². The summed E-state index contributed by atoms with van der Waals surface area (Å²) in [5.74, 6) is -0.739. The molecule has 5 heteroatoms. The van der Waals surface area contributed by atoms with Crippen LogP contribution in [0.4, 0.5) is 5.69 Å². The number of primary amides is 1. The van der Waals surface area contributed by atoms with Crippen LogP contribution < -0.4 is 16.4 Å². The molecule has 0 spiro atoms. The van der Waals surface area contributed by atoms with E-state index >= 15 is 0 Å². The second-order valence-corrected chi connectivity index (χ2v) is 4.42. The van der Waals surface area contributed by atoms with Crippen LogP contribution in [-0.4, -0.2) is 23.9 Å². The number of amides is 2. The number of para-hydroxylation sites is 1. The SMILES string of the molecule is CCC(CC)(NC(=O)CNc1ccccc1)C(N)=O. The minimum Gasteiger partial charge on any atom is -0.376 e. The van der Waals surface area contributed by atoms with Crippen molar-refractivity contribution in [2.24, 2.45) is 5.73 Å². The Morgan fingerprint density at radius 1 is 1.16 bits per heavy atom. The van der Waals surface area contributed by atoms with Gasteiger partial charge in [0.2, 0.25) is 11.8 Å². The summed E-state index contributed by atoms with van der Waals surface area (Å²) in [6.07, 6.45) is 0.964. The molecule has 2 amide bonds. The zero-order valence-corrected chi connectivity index (χ0v) is 11.4. The molecule has 0 aliphatic heterocycles. The van der Waals surface area contributed by atoms with Gasteiger partial charge in [-0.05, 0) is 25.0 Å². The van der Waals surface area contributed by atoms with Gasteiger partial charge in [0.05, 0.1) is 6.54 Å². The fourth-order valence-corrected chi connectivity index (χ4v) is 1.89. The first-order valence-corrected chi connectivity index (χ1v) is 6.44. The molecule has 0 aliphatic carbocycles. The average Bonchev–Trinajstić information content (AvgIpc) is 2.43. The number of rotatable bonds is 7. The summed E-state index contributed by atoms with van der Waals surface area (Å²) >= 11 is 0. The number of anilines is 1. The monoisotopic (exact) mass is 263 g/mol. The Hall–Kier alpha value is -2.04. The van der Waals surface area contributed by atoms with E-state index in [4.69, 9.17) is 5.73 Å². The number of carbonyl (C=O) groups excluding carboxylic acids is 2. The fraction of sp³-hybridized carbons (Fsp3) is 0.429. The van der Waals surface area contributed by atoms with Crippen molar-refractivity contribution < 1.29 is 9.59 Å². The predicted molar refractivity (Wildman–Crippen MR) is 75.6 cm³/mol. The number of hydrogen-bond acceptors (Lipinski definition) is 3. The molecule has 0 aliphatic rings. The van der Waals surface area contributed by atoms with Gasteiger partial charge in [0.15, 0.2) is 0 Å². The lowest BCUT2D eigenvalue weighted by atomic mass is 9.92. The molecule has 0 radical (unpaired) electrons. The average molecular weight is 263 g/mol. The zero-order chi connectivity index (χ0) is 14.3. The molecule has 0 saturated carbocycles. The van der Waals surface area contributed by atoms with Gasteiger partial charge in [-0.2, -0.15) is 0 Å². The first-order valence-electron chi connectivity index (χ1n) is 6.44. The highest BCUT2D eigenvalue weighted by Crippen LogP contribution is 2.14. The summed E-state index contributed by atoms with van der Waals surface area (Å²) < 4.78 is 0. The third-order valence-electron chi connectivity index (χ3n) is 3.28. The molecule has 1 aromatic rings. The molecule has 1 rings (SSSR count). The predicted octanol–water partition coefficient (Wildman–Crippen LogP) is 1.26. The van der Waals surface area contributed by atoms with E-state index in [0.717, 1.165) is 5.69 Å². The van der Waals surface area contributed by atoms with Crippen molar-refractivity contribution in [2.45, 2.75) is 32.2 Å². The number of hydrogen-bond donors (Lipinski definition) is 3. The molecule has 0 aromatic heterocycles. The quantitative estimate of drug-likeness (QED) is 0.692. The van der Waals surface area contributed by atoms with Crippen molar-refractivity contribution >= 4 is 17.5 Å². The third-order valence-corrected chi connectivity index (χ3v) is 3.28. The molecular weight excluding hydrogens is 242 g/mol. The Balaban J connectivity index is 2.57. The molecule has 0 saturated heterocycles. The van der Waals surface area contributed by atoms with Crippen molar-refractivity contribution in [3.8, 4) is 0 Å². The lowest BCUT2D eigenvalue weighted by Gasteiger charge is -2.29. The van der Waals surface area contributed by atoms with Crippen LogP contribution in [0.15, 0.2) is 30.3 Å². The molecule has 0 unspecified atom stereocenters. The topological polar surface area (TPSA) is 84.2 Å². The number of nitrogens with one attached hydrogen (secondary N) is 2. The highest BCUT2D eigenvalue weighted by atomic mass is 16.2. The molecule has 1 aromatic carbocycles. The van der Waals surface area contributed by atoms with Gasteiger partial charge in [0, 0.05) is 5.69 Å². The summed E-state index contributed by atoms with van der Waals surface area (Å²) in [5.41, 5.74) is 5.28. The zero-order valence-electron chi connectivity index (χ0n) is 11.4. The van der Waals surface area contributed by atoms with E-state index in [2.05, 4.69) is 10.6 Å². The Labute approximate surface area is 113 Å². The van der Waals surface area contributed by atoms with Crippen molar-refractivity contribution in [1.82, 2.24) is 5.32 Å². The van der Waals surface area contributed by atoms with Crippen molar-refractivity contribution in [3.63, 3.8) is 0 Å². The van der Waals surface area contributed by atoms with Crippen molar-refractivity contribution in [3.05, 3.63) is 30.3 Å². The minimum atomic E-state index is -0.949. The molecular formula is C14H21N3O2. The molecule has 0 atom stereocenters. The van der Waals surface area contributed by atoms with Crippen LogP contribution in [0.3, 0.4) is 0 Å². The van der Waals surface area contributed by atoms with Gasteiger partial charge in [0.1, 0.15) is 5.54 Å². The van der Waals surface area contributed by atoms with E-state index in [9.17, 15) is 9.59 Å². The Kier molecular flexibility index (Phi) is 5.36. The van der Waals surface area contributed by atoms with Crippen LogP contribution in [0.25, 0.3) is 0 Å². The van der Waals surface area contributed by atoms with Crippen LogP contribution in [0, 0.1) is 0 Å². The lowest BCUT2D eigenvalue weighted by molar-refractivity contribution is -0.131. The summed E-state index contributed by atoms with van der Waals surface area (Å²) in [7, 11) is 0. The lowest BCUT2D eigenvalue weighted by Crippen LogP contribution is -2.57. The second-order valence-electron chi connectivity index (χ2n) is 4.42. The normalized spacial score (nSPS) is 10.8. The van der Waals surface area contributed by atoms with Crippen LogP contribution in [0.5, 0.6) is 0 Å². The van der Waals surface area contributed by atoms with Crippen LogP contribution in [-0.2, 0) is 9.59 Å². The van der Waals surface area contributed by atoms with Gasteiger partial charge in [0.25, 0.3) is 0 Å². The van der Waals surface area contributed by atoms with Crippen LogP contribution >= 0.6 is 0 Å². The maximum atomic E-state index is 11.9. The summed E-state index contributed by atoms with van der Waals surface area (Å²) in [5, 5.41) is 5.71. The fourth-order valence-electron chi connectivity index (χ4n) is 1.89. The van der Waals surface area contributed by atoms with E-state index in [1.165, 1.54) is 0 Å². The number of benzene rings is 1. The molecule has 0 fully saturated rings. The van der Waals surface area contributed by atoms with Gasteiger partial charge in [-0.15, -0.1) is 0 Å². The van der Waals surface area contributed by atoms with Crippen molar-refractivity contribution in [2.75, 3.05) is 11.9 Å². The molecule has 5 nitrogen and oxygen atoms in total. The van der Waals surface area contributed by atoms with E-state index in [-0.39, 0.29) is 12.5 Å². The third kappa shape index (κ3) is 3.98. The maximum absolute atomic E-state index is 11.9. The van der Waals surface area contributed by atoms with E-state index < -0.39 is 11.4 Å². The molecule has 4 N–H and O–H groups in total. The summed E-state index contributed by atoms with van der Waals surface area (Å²) in [6, 6.07) is 9.40. The summed E-state index contributed by atoms with van der Waals surface area (Å²) in [6.45, 7) is 3.78. The minimum absolute atomic E-state index is 0.110. The molecule has 104 valence electrons. The van der Waals surface area contributed by atoms with Crippen molar-refractivity contribution in [1.29, 1.82) is 0 Å². The molecule has 0 bridgehead atoms. The number of carbonyl (C=O) groups is 2. The first kappa shape index (κ1) is 15.0. The molecule has 0 heterocycles. The van der Waals surface area contributed by atoms with Crippen LogP contribution in [0.1, 0.15) is 26.7 Å². The number of nitrogens with two attached hydrogens (primary N) is 1. The Morgan fingerprint density at radius 3 is 2.21 bits per heavy atom. The summed E-state index contributed by atoms with van der Waals surface area (Å²) in [4.78, 5) is 23.4. The second kappa shape index (κ2) is 6.78. The highest BCUT2D eigenvalue weighted by molar-refractivity contribution is 5.91. The largest absolute Gasteiger partial charge is 0.376 e. The smallest absolute Gasteiger partial charge is 0.243 e. The Morgan fingerprint density at radius 2 is 1.74 bits per heavy atom. The van der Waals surface area contributed by atoms with Gasteiger partial charge in [-0.3, -0.25) is 9.59 Å². The van der Waals surface area contributed by atoms with E-state index in [0.29, 0.717) is 12.8 Å². The maximum Gasteiger partial charge on any atom is 0.243 e.